The Bertz CT molecular complexity index is 346. The van der Waals surface area contributed by atoms with Gasteiger partial charge in [-0.1, -0.05) is 53.5 Å². The number of halogens is 1. The van der Waals surface area contributed by atoms with Gasteiger partial charge in [-0.25, -0.2) is 0 Å². The van der Waals surface area contributed by atoms with Crippen LogP contribution in [-0.2, 0) is 14.9 Å². The molecule has 0 amide bonds. The van der Waals surface area contributed by atoms with E-state index < -0.39 is 0 Å². The van der Waals surface area contributed by atoms with Gasteiger partial charge in [0.2, 0.25) is 0 Å². The van der Waals surface area contributed by atoms with E-state index in [1.54, 1.807) is 0 Å². The molecule has 0 saturated heterocycles. The molecule has 0 spiro atoms. The third kappa shape index (κ3) is 4.90. The monoisotopic (exact) mass is 298 g/mol. The van der Waals surface area contributed by atoms with Crippen LogP contribution >= 0.6 is 15.9 Å². The lowest BCUT2D eigenvalue weighted by atomic mass is 10.0. The number of benzene rings is 1. The molecule has 0 heterocycles. The van der Waals surface area contributed by atoms with Crippen molar-refractivity contribution >= 4 is 21.9 Å². The molecule has 1 aromatic carbocycles. The number of hydrogen-bond acceptors (Lipinski definition) is 2. The van der Waals surface area contributed by atoms with Gasteiger partial charge in [-0.2, -0.15) is 0 Å². The Morgan fingerprint density at radius 3 is 2.47 bits per heavy atom. The van der Waals surface area contributed by atoms with E-state index >= 15 is 0 Å². The number of unbranched alkanes of at least 4 members (excludes halogenated alkanes) is 1. The van der Waals surface area contributed by atoms with Crippen molar-refractivity contribution in [1.82, 2.24) is 0 Å². The second-order valence-corrected chi connectivity index (χ2v) is 4.68. The number of carbonyl (C=O) groups is 1. The van der Waals surface area contributed by atoms with Crippen molar-refractivity contribution in [1.29, 1.82) is 0 Å². The number of hydrogen-bond donors (Lipinski definition) is 0. The Morgan fingerprint density at radius 1 is 1.35 bits per heavy atom. The highest BCUT2D eigenvalue weighted by Gasteiger charge is 2.13. The minimum absolute atomic E-state index is 0.100. The fraction of sp³-hybridized carbons (Fsp3) is 0.500. The first-order valence-corrected chi connectivity index (χ1v) is 7.11. The SMILES string of the molecule is CCCCC(OC(C)=O)c1ccc(CBr)cc1. The minimum atomic E-state index is -0.212. The van der Waals surface area contributed by atoms with Gasteiger partial charge >= 0.3 is 5.97 Å². The van der Waals surface area contributed by atoms with Crippen molar-refractivity contribution in [2.45, 2.75) is 44.5 Å². The van der Waals surface area contributed by atoms with Crippen LogP contribution in [0.3, 0.4) is 0 Å². The number of alkyl halides is 1. The van der Waals surface area contributed by atoms with Crippen molar-refractivity contribution in [3.8, 4) is 0 Å². The zero-order chi connectivity index (χ0) is 12.7. The summed E-state index contributed by atoms with van der Waals surface area (Å²) in [7, 11) is 0. The molecule has 0 radical (unpaired) electrons. The summed E-state index contributed by atoms with van der Waals surface area (Å²) < 4.78 is 5.36. The van der Waals surface area contributed by atoms with E-state index in [2.05, 4.69) is 35.0 Å². The maximum atomic E-state index is 11.1. The topological polar surface area (TPSA) is 26.3 Å². The molecule has 17 heavy (non-hydrogen) atoms. The van der Waals surface area contributed by atoms with Crippen LogP contribution in [0.1, 0.15) is 50.3 Å². The second-order valence-electron chi connectivity index (χ2n) is 4.12. The zero-order valence-corrected chi connectivity index (χ0v) is 12.0. The first-order valence-electron chi connectivity index (χ1n) is 5.99. The maximum Gasteiger partial charge on any atom is 0.303 e. The van der Waals surface area contributed by atoms with Crippen molar-refractivity contribution in [3.63, 3.8) is 0 Å². The summed E-state index contributed by atoms with van der Waals surface area (Å²) in [6.45, 7) is 3.60. The van der Waals surface area contributed by atoms with Gasteiger partial charge in [-0.15, -0.1) is 0 Å². The average molecular weight is 299 g/mol. The summed E-state index contributed by atoms with van der Waals surface area (Å²) in [4.78, 5) is 11.1. The number of rotatable bonds is 6. The number of carbonyl (C=O) groups excluding carboxylic acids is 1. The van der Waals surface area contributed by atoms with Crippen molar-refractivity contribution < 1.29 is 9.53 Å². The minimum Gasteiger partial charge on any atom is -0.458 e. The first kappa shape index (κ1) is 14.2. The van der Waals surface area contributed by atoms with Crippen LogP contribution in [0, 0.1) is 0 Å². The molecule has 2 nitrogen and oxygen atoms in total. The van der Waals surface area contributed by atoms with Crippen LogP contribution in [0.5, 0.6) is 0 Å². The molecule has 0 fully saturated rings. The van der Waals surface area contributed by atoms with Gasteiger partial charge in [0.05, 0.1) is 0 Å². The van der Waals surface area contributed by atoms with Crippen LogP contribution in [0.15, 0.2) is 24.3 Å². The fourth-order valence-corrected chi connectivity index (χ4v) is 2.08. The Labute approximate surface area is 111 Å². The van der Waals surface area contributed by atoms with Gasteiger partial charge in [-0.05, 0) is 24.0 Å². The summed E-state index contributed by atoms with van der Waals surface area (Å²) in [5.74, 6) is -0.212. The van der Waals surface area contributed by atoms with Crippen molar-refractivity contribution in [3.05, 3.63) is 35.4 Å². The smallest absolute Gasteiger partial charge is 0.303 e. The summed E-state index contributed by atoms with van der Waals surface area (Å²) in [5.41, 5.74) is 2.31. The molecule has 1 rings (SSSR count). The quantitative estimate of drug-likeness (QED) is 0.575. The predicted octanol–water partition coefficient (Wildman–Crippen LogP) is 4.38. The van der Waals surface area contributed by atoms with E-state index in [-0.39, 0.29) is 12.1 Å². The van der Waals surface area contributed by atoms with Gasteiger partial charge in [0.1, 0.15) is 6.10 Å². The number of esters is 1. The molecule has 0 bridgehead atoms. The highest BCUT2D eigenvalue weighted by atomic mass is 79.9. The predicted molar refractivity (Wildman–Crippen MR) is 73.1 cm³/mol. The van der Waals surface area contributed by atoms with Gasteiger partial charge in [0.25, 0.3) is 0 Å². The van der Waals surface area contributed by atoms with E-state index in [1.165, 1.54) is 12.5 Å². The third-order valence-electron chi connectivity index (χ3n) is 2.63. The Kier molecular flexibility index (Phi) is 6.27. The first-order chi connectivity index (χ1) is 8.17. The number of ether oxygens (including phenoxy) is 1. The molecular weight excluding hydrogens is 280 g/mol. The highest BCUT2D eigenvalue weighted by Crippen LogP contribution is 2.24. The maximum absolute atomic E-state index is 11.1. The lowest BCUT2D eigenvalue weighted by Crippen LogP contribution is -2.08. The molecule has 1 atom stereocenters. The van der Waals surface area contributed by atoms with Crippen LogP contribution in [0.2, 0.25) is 0 Å². The van der Waals surface area contributed by atoms with Gasteiger partial charge in [0.15, 0.2) is 0 Å². The molecular formula is C14H19BrO2. The molecule has 0 aliphatic carbocycles. The average Bonchev–Trinajstić information content (AvgIpc) is 2.34. The molecule has 94 valence electrons. The molecule has 0 saturated carbocycles. The summed E-state index contributed by atoms with van der Waals surface area (Å²) in [6, 6.07) is 8.21. The molecule has 1 aromatic rings. The van der Waals surface area contributed by atoms with E-state index in [4.69, 9.17) is 4.74 Å². The molecule has 0 N–H and O–H groups in total. The largest absolute Gasteiger partial charge is 0.458 e. The molecule has 3 heteroatoms. The van der Waals surface area contributed by atoms with Gasteiger partial charge in [0, 0.05) is 12.3 Å². The van der Waals surface area contributed by atoms with Crippen molar-refractivity contribution in [2.24, 2.45) is 0 Å². The van der Waals surface area contributed by atoms with E-state index in [0.29, 0.717) is 0 Å². The van der Waals surface area contributed by atoms with Crippen LogP contribution in [0.4, 0.5) is 0 Å². The lowest BCUT2D eigenvalue weighted by molar-refractivity contribution is -0.147. The summed E-state index contributed by atoms with van der Waals surface area (Å²) in [5, 5.41) is 0.848. The Morgan fingerprint density at radius 2 is 2.00 bits per heavy atom. The standard InChI is InChI=1S/C14H19BrO2/c1-3-4-5-14(17-11(2)16)13-8-6-12(10-15)7-9-13/h6-9,14H,3-5,10H2,1-2H3. The summed E-state index contributed by atoms with van der Waals surface area (Å²) >= 11 is 3.42. The molecule has 1 unspecified atom stereocenters. The molecule has 0 aliphatic rings. The lowest BCUT2D eigenvalue weighted by Gasteiger charge is -2.17. The second kappa shape index (κ2) is 7.49. The Hall–Kier alpha value is -0.830. The third-order valence-corrected chi connectivity index (χ3v) is 3.28. The molecule has 0 aromatic heterocycles. The van der Waals surface area contributed by atoms with E-state index in [9.17, 15) is 4.79 Å². The van der Waals surface area contributed by atoms with E-state index in [1.807, 2.05) is 12.1 Å². The van der Waals surface area contributed by atoms with Crippen LogP contribution in [0.25, 0.3) is 0 Å². The van der Waals surface area contributed by atoms with Crippen molar-refractivity contribution in [2.75, 3.05) is 0 Å². The summed E-state index contributed by atoms with van der Waals surface area (Å²) in [6.07, 6.45) is 2.97. The van der Waals surface area contributed by atoms with Gasteiger partial charge in [-0.3, -0.25) is 4.79 Å². The Balaban J connectivity index is 2.75. The zero-order valence-electron chi connectivity index (χ0n) is 10.4. The van der Waals surface area contributed by atoms with Crippen LogP contribution in [-0.4, -0.2) is 5.97 Å². The normalized spacial score (nSPS) is 12.2. The van der Waals surface area contributed by atoms with E-state index in [0.717, 1.165) is 30.2 Å². The fourth-order valence-electron chi connectivity index (χ4n) is 1.70. The highest BCUT2D eigenvalue weighted by molar-refractivity contribution is 9.08. The van der Waals surface area contributed by atoms with Gasteiger partial charge < -0.3 is 4.74 Å². The van der Waals surface area contributed by atoms with Crippen LogP contribution < -0.4 is 0 Å². The molecule has 0 aliphatic heterocycles.